The van der Waals surface area contributed by atoms with Gasteiger partial charge in [-0.3, -0.25) is 19.4 Å². The summed E-state index contributed by atoms with van der Waals surface area (Å²) in [5.74, 6) is -1.60. The minimum absolute atomic E-state index is 0.311. The van der Waals surface area contributed by atoms with E-state index in [0.29, 0.717) is 44.6 Å². The summed E-state index contributed by atoms with van der Waals surface area (Å²) >= 11 is 0. The lowest BCUT2D eigenvalue weighted by Crippen LogP contribution is -2.53. The first-order valence-electron chi connectivity index (χ1n) is 11.9. The zero-order chi connectivity index (χ0) is 25.4. The number of urea groups is 1. The Morgan fingerprint density at radius 1 is 1.06 bits per heavy atom. The minimum atomic E-state index is -1.10. The highest BCUT2D eigenvalue weighted by molar-refractivity contribution is 6.09. The van der Waals surface area contributed by atoms with Crippen molar-refractivity contribution in [3.63, 3.8) is 0 Å². The minimum Gasteiger partial charge on any atom is -0.468 e. The van der Waals surface area contributed by atoms with E-state index in [1.54, 1.807) is 17.0 Å². The van der Waals surface area contributed by atoms with Crippen LogP contribution >= 0.6 is 0 Å². The molecule has 10 heteroatoms. The van der Waals surface area contributed by atoms with Gasteiger partial charge in [-0.15, -0.1) is 0 Å². The molecule has 2 aromatic rings. The van der Waals surface area contributed by atoms with Crippen molar-refractivity contribution in [3.05, 3.63) is 71.0 Å². The molecular weight excluding hydrogens is 467 g/mol. The van der Waals surface area contributed by atoms with Crippen molar-refractivity contribution in [3.8, 4) is 0 Å². The Hall–Kier alpha value is -3.79. The van der Waals surface area contributed by atoms with Gasteiger partial charge in [-0.1, -0.05) is 36.4 Å². The van der Waals surface area contributed by atoms with E-state index in [1.807, 2.05) is 29.2 Å². The Bertz CT molecular complexity index is 1210. The van der Waals surface area contributed by atoms with Gasteiger partial charge in [0.15, 0.2) is 0 Å². The van der Waals surface area contributed by atoms with Crippen LogP contribution in [0.2, 0.25) is 0 Å². The largest absolute Gasteiger partial charge is 0.468 e. The number of hydrogen-bond acceptors (Lipinski definition) is 6. The second-order valence-electron chi connectivity index (χ2n) is 9.28. The van der Waals surface area contributed by atoms with E-state index in [2.05, 4.69) is 5.32 Å². The molecule has 2 heterocycles. The first-order chi connectivity index (χ1) is 17.3. The van der Waals surface area contributed by atoms with Crippen LogP contribution < -0.4 is 5.32 Å². The molecule has 0 radical (unpaired) electrons. The third kappa shape index (κ3) is 4.01. The number of fused-ring (bicyclic) bond motifs is 2. The van der Waals surface area contributed by atoms with Crippen LogP contribution in [0, 0.1) is 5.82 Å². The summed E-state index contributed by atoms with van der Waals surface area (Å²) in [6, 6.07) is 11.9. The standard InChI is InChI=1S/C26H27FN4O5/c1-36-23(33)22(18-6-8-19(27)9-7-18)30-14-12-29(13-15-30)21(32)16-31-24(34)26(28-25(31)35)11-10-17-4-2-3-5-20(17)26/h2-9,22H,10-16H2,1H3,(H,28,35)/t22-,26+/m0/s1. The first kappa shape index (κ1) is 23.9. The molecular formula is C26H27FN4O5. The fourth-order valence-electron chi connectivity index (χ4n) is 5.45. The van der Waals surface area contributed by atoms with Gasteiger partial charge >= 0.3 is 12.0 Å². The van der Waals surface area contributed by atoms with E-state index in [9.17, 15) is 23.6 Å². The molecule has 1 spiro atoms. The van der Waals surface area contributed by atoms with Gasteiger partial charge in [0.25, 0.3) is 5.91 Å². The number of esters is 1. The summed E-state index contributed by atoms with van der Waals surface area (Å²) in [5, 5.41) is 2.84. The average Bonchev–Trinajstić information content (AvgIpc) is 3.38. The van der Waals surface area contributed by atoms with Crippen molar-refractivity contribution >= 4 is 23.8 Å². The number of carbonyl (C=O) groups excluding carboxylic acids is 4. The molecule has 2 saturated heterocycles. The average molecular weight is 495 g/mol. The van der Waals surface area contributed by atoms with Crippen molar-refractivity contribution in [2.75, 3.05) is 39.8 Å². The summed E-state index contributed by atoms with van der Waals surface area (Å²) in [7, 11) is 1.30. The Kier molecular flexibility index (Phi) is 6.21. The van der Waals surface area contributed by atoms with Crippen molar-refractivity contribution in [2.45, 2.75) is 24.4 Å². The lowest BCUT2D eigenvalue weighted by atomic mass is 9.92. The number of rotatable bonds is 5. The van der Waals surface area contributed by atoms with E-state index in [4.69, 9.17) is 4.74 Å². The van der Waals surface area contributed by atoms with Crippen LogP contribution in [-0.4, -0.2) is 78.3 Å². The molecule has 188 valence electrons. The fourth-order valence-corrected chi connectivity index (χ4v) is 5.45. The van der Waals surface area contributed by atoms with Crippen LogP contribution in [0.25, 0.3) is 0 Å². The predicted molar refractivity (Wildman–Crippen MR) is 126 cm³/mol. The second-order valence-corrected chi connectivity index (χ2v) is 9.28. The number of imide groups is 1. The van der Waals surface area contributed by atoms with Crippen molar-refractivity contribution in [1.29, 1.82) is 0 Å². The van der Waals surface area contributed by atoms with Gasteiger partial charge in [0.1, 0.15) is 23.9 Å². The van der Waals surface area contributed by atoms with Gasteiger partial charge < -0.3 is 15.0 Å². The number of nitrogens with one attached hydrogen (secondary N) is 1. The van der Waals surface area contributed by atoms with Crippen LogP contribution in [0.15, 0.2) is 48.5 Å². The Labute approximate surface area is 207 Å². The molecule has 2 aliphatic heterocycles. The monoisotopic (exact) mass is 494 g/mol. The van der Waals surface area contributed by atoms with E-state index in [-0.39, 0.29) is 12.5 Å². The van der Waals surface area contributed by atoms with E-state index < -0.39 is 35.3 Å². The number of amides is 4. The molecule has 9 nitrogen and oxygen atoms in total. The van der Waals surface area contributed by atoms with Crippen LogP contribution in [0.3, 0.4) is 0 Å². The zero-order valence-electron chi connectivity index (χ0n) is 19.9. The van der Waals surface area contributed by atoms with Crippen LogP contribution in [-0.2, 0) is 31.1 Å². The van der Waals surface area contributed by atoms with Gasteiger partial charge in [-0.25, -0.2) is 14.0 Å². The Morgan fingerprint density at radius 3 is 2.44 bits per heavy atom. The molecule has 3 aliphatic rings. The molecule has 36 heavy (non-hydrogen) atoms. The highest BCUT2D eigenvalue weighted by Crippen LogP contribution is 2.41. The number of methoxy groups -OCH3 is 1. The first-order valence-corrected chi connectivity index (χ1v) is 11.9. The Balaban J connectivity index is 1.24. The summed E-state index contributed by atoms with van der Waals surface area (Å²) in [6.07, 6.45) is 1.15. The lowest BCUT2D eigenvalue weighted by molar-refractivity contribution is -0.149. The number of halogens is 1. The number of ether oxygens (including phenoxy) is 1. The molecule has 0 aromatic heterocycles. The summed E-state index contributed by atoms with van der Waals surface area (Å²) in [4.78, 5) is 56.1. The summed E-state index contributed by atoms with van der Waals surface area (Å²) in [6.45, 7) is 1.03. The topological polar surface area (TPSA) is 99.3 Å². The van der Waals surface area contributed by atoms with Crippen LogP contribution in [0.4, 0.5) is 9.18 Å². The number of aryl methyl sites for hydroxylation is 1. The maximum atomic E-state index is 13.4. The van der Waals surface area contributed by atoms with E-state index in [1.165, 1.54) is 19.2 Å². The van der Waals surface area contributed by atoms with Gasteiger partial charge in [0.05, 0.1) is 7.11 Å². The van der Waals surface area contributed by atoms with Crippen LogP contribution in [0.5, 0.6) is 0 Å². The molecule has 2 fully saturated rings. The number of hydrogen-bond donors (Lipinski definition) is 1. The fraction of sp³-hybridized carbons (Fsp3) is 0.385. The highest BCUT2D eigenvalue weighted by atomic mass is 19.1. The lowest BCUT2D eigenvalue weighted by Gasteiger charge is -2.38. The second kappa shape index (κ2) is 9.34. The third-order valence-electron chi connectivity index (χ3n) is 7.36. The Morgan fingerprint density at radius 2 is 1.75 bits per heavy atom. The molecule has 0 unspecified atom stereocenters. The van der Waals surface area contributed by atoms with Gasteiger partial charge in [-0.2, -0.15) is 0 Å². The molecule has 4 amide bonds. The molecule has 0 bridgehead atoms. The van der Waals surface area contributed by atoms with E-state index in [0.717, 1.165) is 16.0 Å². The number of piperazine rings is 1. The SMILES string of the molecule is COC(=O)[C@H](c1ccc(F)cc1)N1CCN(C(=O)CN2C(=O)N[C@@]3(CCc4ccccc43)C2=O)CC1. The quantitative estimate of drug-likeness (QED) is 0.501. The molecule has 5 rings (SSSR count). The van der Waals surface area contributed by atoms with Gasteiger partial charge in [0, 0.05) is 26.2 Å². The van der Waals surface area contributed by atoms with E-state index >= 15 is 0 Å². The smallest absolute Gasteiger partial charge is 0.327 e. The number of benzene rings is 2. The molecule has 1 N–H and O–H groups in total. The molecule has 2 atom stereocenters. The van der Waals surface area contributed by atoms with Crippen molar-refractivity contribution in [2.24, 2.45) is 0 Å². The summed E-state index contributed by atoms with van der Waals surface area (Å²) < 4.78 is 18.3. The summed E-state index contributed by atoms with van der Waals surface area (Å²) in [5.41, 5.74) is 1.32. The molecule has 2 aromatic carbocycles. The normalized spacial score (nSPS) is 22.5. The predicted octanol–water partition coefficient (Wildman–Crippen LogP) is 1.58. The maximum Gasteiger partial charge on any atom is 0.327 e. The van der Waals surface area contributed by atoms with Gasteiger partial charge in [0.2, 0.25) is 5.91 Å². The number of carbonyl (C=O) groups is 4. The maximum absolute atomic E-state index is 13.4. The highest BCUT2D eigenvalue weighted by Gasteiger charge is 2.55. The van der Waals surface area contributed by atoms with Crippen molar-refractivity contribution < 1.29 is 28.3 Å². The number of nitrogens with zero attached hydrogens (tertiary/aromatic N) is 3. The zero-order valence-corrected chi connectivity index (χ0v) is 19.9. The van der Waals surface area contributed by atoms with Crippen molar-refractivity contribution in [1.82, 2.24) is 20.0 Å². The van der Waals surface area contributed by atoms with Crippen LogP contribution in [0.1, 0.15) is 29.2 Å². The van der Waals surface area contributed by atoms with Gasteiger partial charge in [-0.05, 0) is 41.7 Å². The third-order valence-corrected chi connectivity index (χ3v) is 7.36. The molecule has 0 saturated carbocycles. The molecule has 1 aliphatic carbocycles.